The molecule has 3 rings (SSSR count). The third-order valence-electron chi connectivity index (χ3n) is 4.11. The van der Waals surface area contributed by atoms with Crippen LogP contribution in [0.3, 0.4) is 0 Å². The Morgan fingerprint density at radius 1 is 1.38 bits per heavy atom. The molecule has 3 nitrogen and oxygen atoms in total. The summed E-state index contributed by atoms with van der Waals surface area (Å²) in [5.74, 6) is 0.0599. The van der Waals surface area contributed by atoms with Crippen LogP contribution >= 0.6 is 34.5 Å². The zero-order valence-corrected chi connectivity index (χ0v) is 15.4. The molecule has 0 saturated carbocycles. The van der Waals surface area contributed by atoms with E-state index in [2.05, 4.69) is 23.3 Å². The number of rotatable bonds is 5. The van der Waals surface area contributed by atoms with E-state index in [1.165, 1.54) is 4.88 Å². The van der Waals surface area contributed by atoms with Crippen LogP contribution in [0.1, 0.15) is 22.0 Å². The monoisotopic (exact) mass is 380 g/mol. The van der Waals surface area contributed by atoms with Gasteiger partial charge in [0.2, 0.25) is 5.91 Å². The zero-order valence-electron chi connectivity index (χ0n) is 13.1. The number of benzene rings is 1. The van der Waals surface area contributed by atoms with E-state index in [0.717, 1.165) is 17.5 Å². The molecule has 1 aromatic heterocycles. The molecule has 24 heavy (non-hydrogen) atoms. The van der Waals surface area contributed by atoms with Crippen molar-refractivity contribution in [1.29, 1.82) is 0 Å². The van der Waals surface area contributed by atoms with Crippen molar-refractivity contribution in [3.63, 3.8) is 0 Å². The van der Waals surface area contributed by atoms with E-state index in [9.17, 15) is 4.79 Å². The van der Waals surface area contributed by atoms with Crippen LogP contribution in [0, 0.1) is 0 Å². The van der Waals surface area contributed by atoms with E-state index >= 15 is 0 Å². The molecule has 2 heterocycles. The second-order valence-electron chi connectivity index (χ2n) is 5.62. The van der Waals surface area contributed by atoms with Crippen molar-refractivity contribution in [1.82, 2.24) is 10.2 Å². The first-order valence-electron chi connectivity index (χ1n) is 7.74. The minimum Gasteiger partial charge on any atom is -0.330 e. The van der Waals surface area contributed by atoms with Crippen molar-refractivity contribution < 1.29 is 4.79 Å². The second kappa shape index (κ2) is 7.70. The molecule has 0 fully saturated rings. The van der Waals surface area contributed by atoms with Crippen LogP contribution in [-0.2, 0) is 11.2 Å². The molecule has 1 amide bonds. The number of carbonyl (C=O) groups is 1. The topological polar surface area (TPSA) is 32.3 Å². The first kappa shape index (κ1) is 17.5. The lowest BCUT2D eigenvalue weighted by atomic mass is 9.93. The Kier molecular flexibility index (Phi) is 5.61. The molecule has 1 aromatic carbocycles. The molecule has 126 valence electrons. The number of halogens is 2. The predicted octanol–water partition coefficient (Wildman–Crippen LogP) is 4.30. The number of amides is 1. The van der Waals surface area contributed by atoms with Crippen molar-refractivity contribution in [3.8, 4) is 0 Å². The smallest absolute Gasteiger partial charge is 0.237 e. The first-order valence-corrected chi connectivity index (χ1v) is 9.37. The fourth-order valence-electron chi connectivity index (χ4n) is 3.03. The van der Waals surface area contributed by atoms with Crippen LogP contribution in [0.25, 0.3) is 0 Å². The van der Waals surface area contributed by atoms with Crippen molar-refractivity contribution in [2.45, 2.75) is 12.5 Å². The van der Waals surface area contributed by atoms with Gasteiger partial charge in [-0.1, -0.05) is 35.3 Å². The van der Waals surface area contributed by atoms with Crippen molar-refractivity contribution in [3.05, 3.63) is 68.3 Å². The maximum atomic E-state index is 12.7. The Labute approximate surface area is 155 Å². The fourth-order valence-corrected chi connectivity index (χ4v) is 4.44. The normalized spacial score (nSPS) is 16.8. The fraction of sp³-hybridized carbons (Fsp3) is 0.278. The summed E-state index contributed by atoms with van der Waals surface area (Å²) >= 11 is 14.2. The van der Waals surface area contributed by atoms with Gasteiger partial charge in [0.15, 0.2) is 0 Å². The lowest BCUT2D eigenvalue weighted by molar-refractivity contribution is -0.132. The number of nitrogens with zero attached hydrogens (tertiary/aromatic N) is 1. The number of carbonyl (C=O) groups excluding carboxylic acids is 1. The molecule has 0 saturated heterocycles. The van der Waals surface area contributed by atoms with Crippen LogP contribution in [0.5, 0.6) is 0 Å². The molecular weight excluding hydrogens is 363 g/mol. The van der Waals surface area contributed by atoms with E-state index < -0.39 is 0 Å². The molecule has 2 aromatic rings. The summed E-state index contributed by atoms with van der Waals surface area (Å²) in [7, 11) is 0. The minimum atomic E-state index is -0.164. The van der Waals surface area contributed by atoms with Crippen LogP contribution in [0.4, 0.5) is 0 Å². The Morgan fingerprint density at radius 2 is 2.21 bits per heavy atom. The molecule has 6 heteroatoms. The van der Waals surface area contributed by atoms with Gasteiger partial charge < -0.3 is 10.2 Å². The van der Waals surface area contributed by atoms with Gasteiger partial charge in [-0.15, -0.1) is 17.9 Å². The number of thiophene rings is 1. The maximum Gasteiger partial charge on any atom is 0.237 e. The van der Waals surface area contributed by atoms with Gasteiger partial charge in [-0.25, -0.2) is 0 Å². The molecule has 0 radical (unpaired) electrons. The molecule has 1 aliphatic heterocycles. The molecule has 0 bridgehead atoms. The second-order valence-corrected chi connectivity index (χ2v) is 7.47. The van der Waals surface area contributed by atoms with Crippen LogP contribution in [0.2, 0.25) is 10.0 Å². The van der Waals surface area contributed by atoms with Gasteiger partial charge in [0.25, 0.3) is 0 Å². The summed E-state index contributed by atoms with van der Waals surface area (Å²) in [6.45, 7) is 5.24. The van der Waals surface area contributed by atoms with E-state index in [1.54, 1.807) is 23.5 Å². The molecule has 0 aliphatic carbocycles. The molecule has 0 spiro atoms. The standard InChI is InChI=1S/C18H18Cl2N2OS/c1-2-7-21-11-17(23)22-8-5-16-14(6-9-24-16)18(22)13-4-3-12(19)10-15(13)20/h2-4,6,9-10,18,21H,1,5,7-8,11H2/t18-/m0/s1. The summed E-state index contributed by atoms with van der Waals surface area (Å²) in [5, 5.41) is 6.34. The van der Waals surface area contributed by atoms with Crippen molar-refractivity contribution in [2.75, 3.05) is 19.6 Å². The SMILES string of the molecule is C=CCNCC(=O)N1CCc2sccc2[C@@H]1c1ccc(Cl)cc1Cl. The van der Waals surface area contributed by atoms with E-state index in [4.69, 9.17) is 23.2 Å². The van der Waals surface area contributed by atoms with Gasteiger partial charge in [-0.3, -0.25) is 4.79 Å². The van der Waals surface area contributed by atoms with E-state index in [-0.39, 0.29) is 18.5 Å². The van der Waals surface area contributed by atoms with Gasteiger partial charge >= 0.3 is 0 Å². The molecule has 1 aliphatic rings. The number of nitrogens with one attached hydrogen (secondary N) is 1. The van der Waals surface area contributed by atoms with Gasteiger partial charge in [0.05, 0.1) is 12.6 Å². The Hall–Kier alpha value is -1.33. The Bertz CT molecular complexity index is 759. The lowest BCUT2D eigenvalue weighted by Crippen LogP contribution is -2.44. The van der Waals surface area contributed by atoms with Gasteiger partial charge in [-0.05, 0) is 41.1 Å². The molecular formula is C18H18Cl2N2OS. The maximum absolute atomic E-state index is 12.7. The third-order valence-corrected chi connectivity index (χ3v) is 5.67. The zero-order chi connectivity index (χ0) is 17.1. The summed E-state index contributed by atoms with van der Waals surface area (Å²) in [4.78, 5) is 15.9. The summed E-state index contributed by atoms with van der Waals surface area (Å²) < 4.78 is 0. The highest BCUT2D eigenvalue weighted by Crippen LogP contribution is 2.40. The van der Waals surface area contributed by atoms with Gasteiger partial charge in [0, 0.05) is 28.0 Å². The lowest BCUT2D eigenvalue weighted by Gasteiger charge is -2.37. The number of hydrogen-bond acceptors (Lipinski definition) is 3. The van der Waals surface area contributed by atoms with Crippen LogP contribution in [0.15, 0.2) is 42.3 Å². The summed E-state index contributed by atoms with van der Waals surface area (Å²) in [6.07, 6.45) is 2.62. The van der Waals surface area contributed by atoms with Gasteiger partial charge in [-0.2, -0.15) is 0 Å². The third kappa shape index (κ3) is 3.52. The number of fused-ring (bicyclic) bond motifs is 1. The van der Waals surface area contributed by atoms with E-state index in [1.807, 2.05) is 17.0 Å². The van der Waals surface area contributed by atoms with E-state index in [0.29, 0.717) is 23.1 Å². The summed E-state index contributed by atoms with van der Waals surface area (Å²) in [6, 6.07) is 7.40. The highest BCUT2D eigenvalue weighted by atomic mass is 35.5. The largest absolute Gasteiger partial charge is 0.330 e. The predicted molar refractivity (Wildman–Crippen MR) is 101 cm³/mol. The average Bonchev–Trinajstić information content (AvgIpc) is 3.03. The number of hydrogen-bond donors (Lipinski definition) is 1. The average molecular weight is 381 g/mol. The molecule has 0 unspecified atom stereocenters. The summed E-state index contributed by atoms with van der Waals surface area (Å²) in [5.41, 5.74) is 2.07. The van der Waals surface area contributed by atoms with Gasteiger partial charge in [0.1, 0.15) is 0 Å². The van der Waals surface area contributed by atoms with Crippen LogP contribution in [-0.4, -0.2) is 30.4 Å². The highest BCUT2D eigenvalue weighted by molar-refractivity contribution is 7.10. The van der Waals surface area contributed by atoms with Crippen LogP contribution < -0.4 is 5.32 Å². The Balaban J connectivity index is 1.96. The first-order chi connectivity index (χ1) is 11.6. The molecule has 1 atom stereocenters. The highest BCUT2D eigenvalue weighted by Gasteiger charge is 2.33. The quantitative estimate of drug-likeness (QED) is 0.619. The minimum absolute atomic E-state index is 0.0599. The van der Waals surface area contributed by atoms with Crippen molar-refractivity contribution >= 4 is 40.4 Å². The molecule has 1 N–H and O–H groups in total. The van der Waals surface area contributed by atoms with Crippen molar-refractivity contribution in [2.24, 2.45) is 0 Å². The Morgan fingerprint density at radius 3 is 2.96 bits per heavy atom.